The number of unbranched alkanes of at least 4 members (excludes halogenated alkanes) is 1. The third-order valence-electron chi connectivity index (χ3n) is 5.11. The second-order valence-electron chi connectivity index (χ2n) is 7.41. The topological polar surface area (TPSA) is 41.6 Å². The Morgan fingerprint density at radius 2 is 1.96 bits per heavy atom. The molecule has 0 aromatic heterocycles. The van der Waals surface area contributed by atoms with E-state index in [4.69, 9.17) is 4.74 Å². The van der Waals surface area contributed by atoms with E-state index in [2.05, 4.69) is 39.8 Å². The van der Waals surface area contributed by atoms with E-state index in [0.29, 0.717) is 6.10 Å². The van der Waals surface area contributed by atoms with Crippen molar-refractivity contribution in [2.45, 2.75) is 56.0 Å². The van der Waals surface area contributed by atoms with Crippen LogP contribution in [0.2, 0.25) is 0 Å². The zero-order chi connectivity index (χ0) is 19.5. The summed E-state index contributed by atoms with van der Waals surface area (Å²) in [5.41, 5.74) is 1.91. The number of hydrogen-bond acceptors (Lipinski definition) is 3. The van der Waals surface area contributed by atoms with Crippen molar-refractivity contribution in [1.82, 2.24) is 10.2 Å². The number of alkyl halides is 1. The summed E-state index contributed by atoms with van der Waals surface area (Å²) in [6.07, 6.45) is 8.60. The first-order valence-corrected chi connectivity index (χ1v) is 11.1. The van der Waals surface area contributed by atoms with E-state index >= 15 is 0 Å². The normalized spacial score (nSPS) is 19.8. The van der Waals surface area contributed by atoms with Crippen LogP contribution in [0.25, 0.3) is 0 Å². The number of rotatable bonds is 11. The van der Waals surface area contributed by atoms with Crippen LogP contribution in [0.1, 0.15) is 54.4 Å². The lowest BCUT2D eigenvalue weighted by atomic mass is 9.92. The molecule has 2 rings (SSSR count). The minimum Gasteiger partial charge on any atom is -0.378 e. The van der Waals surface area contributed by atoms with Crippen LogP contribution in [-0.4, -0.2) is 49.7 Å². The van der Waals surface area contributed by atoms with Gasteiger partial charge in [0.1, 0.15) is 0 Å². The highest BCUT2D eigenvalue weighted by atomic mass is 79.9. The number of ether oxygens (including phenoxy) is 1. The zero-order valence-corrected chi connectivity index (χ0v) is 18.0. The van der Waals surface area contributed by atoms with E-state index < -0.39 is 0 Å². The number of likely N-dealkylation sites (N-methyl/N-ethyl adjacent to an activating group) is 1. The minimum atomic E-state index is 0.0316. The second-order valence-corrected chi connectivity index (χ2v) is 7.97. The third kappa shape index (κ3) is 8.16. The van der Waals surface area contributed by atoms with Crippen molar-refractivity contribution in [3.05, 3.63) is 48.0 Å². The maximum absolute atomic E-state index is 12.4. The fourth-order valence-electron chi connectivity index (χ4n) is 3.43. The summed E-state index contributed by atoms with van der Waals surface area (Å²) in [5.74, 6) is 0.0316. The summed E-state index contributed by atoms with van der Waals surface area (Å²) in [6.45, 7) is 6.63. The Balaban J connectivity index is 1.59. The molecule has 27 heavy (non-hydrogen) atoms. The molecule has 1 aromatic carbocycles. The molecule has 0 spiro atoms. The molecule has 1 fully saturated rings. The highest BCUT2D eigenvalue weighted by molar-refractivity contribution is 9.08. The van der Waals surface area contributed by atoms with E-state index in [1.807, 2.05) is 30.3 Å². The first-order valence-electron chi connectivity index (χ1n) is 9.99. The minimum absolute atomic E-state index is 0.0316. The second kappa shape index (κ2) is 12.3. The van der Waals surface area contributed by atoms with Crippen LogP contribution in [0.15, 0.2) is 36.9 Å². The van der Waals surface area contributed by atoms with Crippen LogP contribution >= 0.6 is 15.9 Å². The van der Waals surface area contributed by atoms with Gasteiger partial charge in [-0.2, -0.15) is 0 Å². The molecule has 0 heterocycles. The van der Waals surface area contributed by atoms with E-state index in [1.165, 1.54) is 5.56 Å². The summed E-state index contributed by atoms with van der Waals surface area (Å²) in [6, 6.07) is 8.04. The molecule has 0 saturated heterocycles. The van der Waals surface area contributed by atoms with E-state index in [0.717, 1.165) is 69.1 Å². The molecule has 150 valence electrons. The Hall–Kier alpha value is -1.17. The zero-order valence-electron chi connectivity index (χ0n) is 16.5. The molecule has 0 radical (unpaired) electrons. The van der Waals surface area contributed by atoms with Gasteiger partial charge in [0.05, 0.1) is 6.10 Å². The largest absolute Gasteiger partial charge is 0.378 e. The van der Waals surface area contributed by atoms with Gasteiger partial charge in [-0.3, -0.25) is 4.79 Å². The van der Waals surface area contributed by atoms with Gasteiger partial charge >= 0.3 is 0 Å². The van der Waals surface area contributed by atoms with Gasteiger partial charge in [0.2, 0.25) is 0 Å². The molecular formula is C22H33BrN2O2. The predicted molar refractivity (Wildman–Crippen MR) is 115 cm³/mol. The highest BCUT2D eigenvalue weighted by Crippen LogP contribution is 2.22. The first-order chi connectivity index (χ1) is 13.1. The van der Waals surface area contributed by atoms with Crippen molar-refractivity contribution < 1.29 is 9.53 Å². The number of nitrogens with one attached hydrogen (secondary N) is 1. The van der Waals surface area contributed by atoms with Crippen molar-refractivity contribution in [3.8, 4) is 0 Å². The van der Waals surface area contributed by atoms with Gasteiger partial charge in [-0.05, 0) is 69.8 Å². The lowest BCUT2D eigenvalue weighted by Crippen LogP contribution is -2.39. The summed E-state index contributed by atoms with van der Waals surface area (Å²) >= 11 is 3.43. The third-order valence-corrected chi connectivity index (χ3v) is 5.76. The summed E-state index contributed by atoms with van der Waals surface area (Å²) < 4.78 is 6.03. The van der Waals surface area contributed by atoms with Crippen LogP contribution in [-0.2, 0) is 10.1 Å². The fraction of sp³-hybridized carbons (Fsp3) is 0.591. The van der Waals surface area contributed by atoms with Crippen molar-refractivity contribution in [2.75, 3.05) is 26.7 Å². The van der Waals surface area contributed by atoms with Crippen molar-refractivity contribution in [3.63, 3.8) is 0 Å². The van der Waals surface area contributed by atoms with Gasteiger partial charge in [-0.25, -0.2) is 0 Å². The quantitative estimate of drug-likeness (QED) is 0.314. The standard InChI is InChI=1S/C22H33BrN2O2/c1-3-14-25(2)15-4-5-16-27-21-12-10-20(11-13-21)24-22(26)19-8-6-18(17-23)7-9-19/h3,6-9,20-21H,1,4-5,10-17H2,2H3,(H,24,26). The lowest BCUT2D eigenvalue weighted by Gasteiger charge is -2.29. The van der Waals surface area contributed by atoms with Crippen LogP contribution in [0.3, 0.4) is 0 Å². The Kier molecular flexibility index (Phi) is 10.1. The monoisotopic (exact) mass is 436 g/mol. The molecule has 0 unspecified atom stereocenters. The van der Waals surface area contributed by atoms with Gasteiger partial charge in [0, 0.05) is 30.1 Å². The van der Waals surface area contributed by atoms with Gasteiger partial charge in [-0.15, -0.1) is 6.58 Å². The highest BCUT2D eigenvalue weighted by Gasteiger charge is 2.23. The summed E-state index contributed by atoms with van der Waals surface area (Å²) in [5, 5.41) is 3.98. The molecule has 1 saturated carbocycles. The number of carbonyl (C=O) groups excluding carboxylic acids is 1. The summed E-state index contributed by atoms with van der Waals surface area (Å²) in [4.78, 5) is 14.6. The van der Waals surface area contributed by atoms with E-state index in [-0.39, 0.29) is 11.9 Å². The number of carbonyl (C=O) groups is 1. The molecule has 0 atom stereocenters. The number of benzene rings is 1. The van der Waals surface area contributed by atoms with Crippen molar-refractivity contribution in [2.24, 2.45) is 0 Å². The van der Waals surface area contributed by atoms with Gasteiger partial charge < -0.3 is 15.0 Å². The Bertz CT molecular complexity index is 568. The molecule has 1 aromatic rings. The molecule has 0 aliphatic heterocycles. The Morgan fingerprint density at radius 3 is 2.59 bits per heavy atom. The predicted octanol–water partition coefficient (Wildman–Crippen LogP) is 4.54. The Morgan fingerprint density at radius 1 is 1.26 bits per heavy atom. The maximum Gasteiger partial charge on any atom is 0.251 e. The number of hydrogen-bond donors (Lipinski definition) is 1. The van der Waals surface area contributed by atoms with Crippen LogP contribution in [0.4, 0.5) is 0 Å². The van der Waals surface area contributed by atoms with Crippen LogP contribution in [0.5, 0.6) is 0 Å². The smallest absolute Gasteiger partial charge is 0.251 e. The number of amides is 1. The van der Waals surface area contributed by atoms with Gasteiger partial charge in [0.25, 0.3) is 5.91 Å². The SMILES string of the molecule is C=CCN(C)CCCCOC1CCC(NC(=O)c2ccc(CBr)cc2)CC1. The molecule has 1 aliphatic carbocycles. The molecule has 1 aliphatic rings. The fourth-order valence-corrected chi connectivity index (χ4v) is 3.81. The maximum atomic E-state index is 12.4. The van der Waals surface area contributed by atoms with Gasteiger partial charge in [-0.1, -0.05) is 34.1 Å². The average molecular weight is 437 g/mol. The van der Waals surface area contributed by atoms with Crippen LogP contribution in [0, 0.1) is 0 Å². The number of halogens is 1. The molecule has 4 nitrogen and oxygen atoms in total. The number of nitrogens with zero attached hydrogens (tertiary/aromatic N) is 1. The molecule has 1 N–H and O–H groups in total. The average Bonchev–Trinajstić information content (AvgIpc) is 2.69. The van der Waals surface area contributed by atoms with Crippen molar-refractivity contribution in [1.29, 1.82) is 0 Å². The van der Waals surface area contributed by atoms with E-state index in [1.54, 1.807) is 0 Å². The molecule has 5 heteroatoms. The summed E-state index contributed by atoms with van der Waals surface area (Å²) in [7, 11) is 2.12. The van der Waals surface area contributed by atoms with Crippen molar-refractivity contribution >= 4 is 21.8 Å². The Labute approximate surface area is 172 Å². The van der Waals surface area contributed by atoms with Crippen LogP contribution < -0.4 is 5.32 Å². The molecule has 0 bridgehead atoms. The van der Waals surface area contributed by atoms with E-state index in [9.17, 15) is 4.79 Å². The molecule has 1 amide bonds. The lowest BCUT2D eigenvalue weighted by molar-refractivity contribution is 0.0199. The molecular weight excluding hydrogens is 404 g/mol. The van der Waals surface area contributed by atoms with Gasteiger partial charge in [0.15, 0.2) is 0 Å². The first kappa shape index (κ1) is 22.1.